The Balaban J connectivity index is 2.16. The summed E-state index contributed by atoms with van der Waals surface area (Å²) < 4.78 is 40.4. The van der Waals surface area contributed by atoms with Crippen molar-refractivity contribution in [3.05, 3.63) is 65.7 Å². The van der Waals surface area contributed by atoms with Crippen molar-refractivity contribution in [2.75, 3.05) is 0 Å². The summed E-state index contributed by atoms with van der Waals surface area (Å²) in [5, 5.41) is 13.3. The van der Waals surface area contributed by atoms with Crippen LogP contribution in [0.2, 0.25) is 0 Å². The molecule has 2 heterocycles. The van der Waals surface area contributed by atoms with Gasteiger partial charge in [-0.15, -0.1) is 0 Å². The number of amides is 1. The quantitative estimate of drug-likeness (QED) is 0.608. The van der Waals surface area contributed by atoms with E-state index < -0.39 is 22.9 Å². The van der Waals surface area contributed by atoms with Crippen molar-refractivity contribution >= 4 is 5.91 Å². The number of benzene rings is 1. The number of carbonyl (C=O) groups excluding carboxylic acids is 1. The number of imidazole rings is 1. The van der Waals surface area contributed by atoms with Crippen LogP contribution in [0.1, 0.15) is 56.4 Å². The van der Waals surface area contributed by atoms with E-state index in [0.717, 1.165) is 12.1 Å². The van der Waals surface area contributed by atoms with Crippen LogP contribution >= 0.6 is 0 Å². The fourth-order valence-corrected chi connectivity index (χ4v) is 3.10. The van der Waals surface area contributed by atoms with Gasteiger partial charge in [-0.1, -0.05) is 12.1 Å². The average molecular weight is 446 g/mol. The van der Waals surface area contributed by atoms with Crippen molar-refractivity contribution in [2.45, 2.75) is 51.9 Å². The lowest BCUT2D eigenvalue weighted by Gasteiger charge is -2.22. The molecule has 0 spiro atoms. The molecule has 170 valence electrons. The fourth-order valence-electron chi connectivity index (χ4n) is 3.10. The molecule has 0 radical (unpaired) electrons. The first-order valence-corrected chi connectivity index (χ1v) is 9.94. The molecule has 0 aliphatic carbocycles. The number of pyridine rings is 1. The average Bonchev–Trinajstić information content (AvgIpc) is 3.16. The minimum absolute atomic E-state index is 0.273. The summed E-state index contributed by atoms with van der Waals surface area (Å²) in [4.78, 5) is 21.6. The monoisotopic (exact) mass is 446 g/mol. The highest BCUT2D eigenvalue weighted by Crippen LogP contribution is 2.31. The predicted octanol–water partition coefficient (Wildman–Crippen LogP) is 4.71. The lowest BCUT2D eigenvalue weighted by Crippen LogP contribution is -2.40. The first-order chi connectivity index (χ1) is 14.6. The number of alkyl halides is 3. The number of aliphatic hydroxyl groups is 1. The molecule has 1 aromatic carbocycles. The van der Waals surface area contributed by atoms with Gasteiger partial charge in [0.2, 0.25) is 0 Å². The number of nitrogens with zero attached hydrogens (tertiary/aromatic N) is 3. The third-order valence-electron chi connectivity index (χ3n) is 4.51. The maximum absolute atomic E-state index is 13.0. The molecule has 2 N–H and O–H groups in total. The van der Waals surface area contributed by atoms with E-state index in [9.17, 15) is 23.1 Å². The van der Waals surface area contributed by atoms with E-state index in [-0.39, 0.29) is 11.5 Å². The van der Waals surface area contributed by atoms with Crippen LogP contribution in [0.4, 0.5) is 13.2 Å². The van der Waals surface area contributed by atoms with Gasteiger partial charge in [0.25, 0.3) is 5.91 Å². The second-order valence-corrected chi connectivity index (χ2v) is 9.06. The maximum Gasteiger partial charge on any atom is 0.416 e. The summed E-state index contributed by atoms with van der Waals surface area (Å²) in [6.07, 6.45) is -1.36. The molecular weight excluding hydrogens is 421 g/mol. The molecule has 0 saturated heterocycles. The predicted molar refractivity (Wildman–Crippen MR) is 114 cm³/mol. The molecule has 0 fully saturated rings. The normalized spacial score (nSPS) is 12.7. The lowest BCUT2D eigenvalue weighted by atomic mass is 10.0. The van der Waals surface area contributed by atoms with E-state index in [4.69, 9.17) is 0 Å². The minimum atomic E-state index is -4.45. The summed E-state index contributed by atoms with van der Waals surface area (Å²) >= 11 is 0. The van der Waals surface area contributed by atoms with Gasteiger partial charge in [-0.2, -0.15) is 13.2 Å². The summed E-state index contributed by atoms with van der Waals surface area (Å²) in [5.41, 5.74) is -1.57. The molecule has 0 atom stereocenters. The van der Waals surface area contributed by atoms with E-state index >= 15 is 0 Å². The van der Waals surface area contributed by atoms with Crippen LogP contribution in [0.25, 0.3) is 17.1 Å². The highest BCUT2D eigenvalue weighted by atomic mass is 19.4. The van der Waals surface area contributed by atoms with Crippen LogP contribution in [-0.2, 0) is 11.8 Å². The van der Waals surface area contributed by atoms with Crippen molar-refractivity contribution in [2.24, 2.45) is 0 Å². The van der Waals surface area contributed by atoms with Crippen molar-refractivity contribution in [1.29, 1.82) is 0 Å². The van der Waals surface area contributed by atoms with Gasteiger partial charge in [0.15, 0.2) is 0 Å². The number of hydrogen-bond acceptors (Lipinski definition) is 4. The number of aromatic nitrogens is 3. The van der Waals surface area contributed by atoms with Gasteiger partial charge in [0.05, 0.1) is 11.3 Å². The molecule has 2 aromatic heterocycles. The molecular formula is C23H25F3N4O2. The van der Waals surface area contributed by atoms with Crippen LogP contribution in [0.15, 0.2) is 48.8 Å². The Labute approximate surface area is 184 Å². The number of nitrogens with one attached hydrogen (secondary N) is 1. The molecule has 3 rings (SSSR count). The number of rotatable bonds is 4. The Morgan fingerprint density at radius 3 is 2.19 bits per heavy atom. The lowest BCUT2D eigenvalue weighted by molar-refractivity contribution is -0.137. The zero-order chi connectivity index (χ0) is 23.9. The molecule has 6 nitrogen and oxygen atoms in total. The zero-order valence-electron chi connectivity index (χ0n) is 18.4. The Kier molecular flexibility index (Phi) is 5.90. The second kappa shape index (κ2) is 8.05. The molecule has 32 heavy (non-hydrogen) atoms. The molecule has 1 amide bonds. The van der Waals surface area contributed by atoms with Gasteiger partial charge in [-0.05, 0) is 58.9 Å². The van der Waals surface area contributed by atoms with Crippen LogP contribution in [0.3, 0.4) is 0 Å². The number of hydrogen-bond donors (Lipinski definition) is 2. The Bertz CT molecular complexity index is 1120. The van der Waals surface area contributed by atoms with Crippen molar-refractivity contribution in [3.8, 4) is 17.1 Å². The van der Waals surface area contributed by atoms with E-state index in [1.54, 1.807) is 30.7 Å². The molecule has 0 bridgehead atoms. The summed E-state index contributed by atoms with van der Waals surface area (Å²) in [5.74, 6) is 0.243. The topological polar surface area (TPSA) is 80.0 Å². The van der Waals surface area contributed by atoms with Gasteiger partial charge < -0.3 is 10.4 Å². The number of carbonyl (C=O) groups is 1. The summed E-state index contributed by atoms with van der Waals surface area (Å²) in [6.45, 7) is 8.65. The Hall–Kier alpha value is -3.20. The second-order valence-electron chi connectivity index (χ2n) is 9.06. The smallest absolute Gasteiger partial charge is 0.382 e. The first kappa shape index (κ1) is 23.5. The fraction of sp³-hybridized carbons (Fsp3) is 0.348. The Morgan fingerprint density at radius 2 is 1.66 bits per heavy atom. The Morgan fingerprint density at radius 1 is 1.03 bits per heavy atom. The van der Waals surface area contributed by atoms with E-state index in [1.165, 1.54) is 24.4 Å². The largest absolute Gasteiger partial charge is 0.416 e. The summed E-state index contributed by atoms with van der Waals surface area (Å²) in [6, 6.07) is 7.63. The third kappa shape index (κ3) is 5.34. The maximum atomic E-state index is 13.0. The third-order valence-corrected chi connectivity index (χ3v) is 4.51. The highest BCUT2D eigenvalue weighted by molar-refractivity contribution is 5.96. The van der Waals surface area contributed by atoms with Crippen LogP contribution < -0.4 is 5.32 Å². The molecule has 0 aliphatic rings. The van der Waals surface area contributed by atoms with Crippen molar-refractivity contribution < 1.29 is 23.1 Å². The van der Waals surface area contributed by atoms with Gasteiger partial charge in [0, 0.05) is 29.1 Å². The number of halogens is 3. The molecule has 0 unspecified atom stereocenters. The van der Waals surface area contributed by atoms with Gasteiger partial charge in [-0.3, -0.25) is 9.36 Å². The molecule has 3 aromatic rings. The summed E-state index contributed by atoms with van der Waals surface area (Å²) in [7, 11) is 0. The standard InChI is InChI=1S/C23H25F3N4O2/c1-21(2,3)29-19(31)15-12-17(14-6-8-16(9-7-14)23(24,25)26)28-18(13-15)30-11-10-27-20(30)22(4,5)32/h6-13,32H,1-5H3,(H,29,31). The van der Waals surface area contributed by atoms with Crippen molar-refractivity contribution in [3.63, 3.8) is 0 Å². The molecule has 0 aliphatic heterocycles. The molecule has 9 heteroatoms. The van der Waals surface area contributed by atoms with E-state index in [0.29, 0.717) is 22.9 Å². The van der Waals surface area contributed by atoms with Gasteiger partial charge in [-0.25, -0.2) is 9.97 Å². The van der Waals surface area contributed by atoms with Gasteiger partial charge in [0.1, 0.15) is 17.2 Å². The van der Waals surface area contributed by atoms with Crippen LogP contribution in [0, 0.1) is 0 Å². The SMILES string of the molecule is CC(C)(C)NC(=O)c1cc(-c2ccc(C(F)(F)F)cc2)nc(-n2ccnc2C(C)(C)O)c1. The van der Waals surface area contributed by atoms with Gasteiger partial charge >= 0.3 is 6.18 Å². The first-order valence-electron chi connectivity index (χ1n) is 9.94. The van der Waals surface area contributed by atoms with E-state index in [2.05, 4.69) is 15.3 Å². The van der Waals surface area contributed by atoms with Crippen LogP contribution in [0.5, 0.6) is 0 Å². The minimum Gasteiger partial charge on any atom is -0.382 e. The van der Waals surface area contributed by atoms with E-state index in [1.807, 2.05) is 20.8 Å². The molecule has 0 saturated carbocycles. The van der Waals surface area contributed by atoms with Crippen molar-refractivity contribution in [1.82, 2.24) is 19.9 Å². The highest BCUT2D eigenvalue weighted by Gasteiger charge is 2.30. The van der Waals surface area contributed by atoms with Crippen LogP contribution in [-0.4, -0.2) is 31.1 Å². The zero-order valence-corrected chi connectivity index (χ0v) is 18.4.